The lowest BCUT2D eigenvalue weighted by atomic mass is 10.1. The average molecular weight is 434 g/mol. The molecule has 0 bridgehead atoms. The van der Waals surface area contributed by atoms with Gasteiger partial charge in [-0.2, -0.15) is 0 Å². The molecule has 0 aliphatic rings. The van der Waals surface area contributed by atoms with Crippen LogP contribution in [0, 0.1) is 11.6 Å². The first kappa shape index (κ1) is 21.5. The number of hydrogen-bond donors (Lipinski definition) is 1. The third kappa shape index (κ3) is 4.85. The zero-order valence-corrected chi connectivity index (χ0v) is 17.4. The first-order chi connectivity index (χ1) is 14.4. The molecule has 158 valence electrons. The van der Waals surface area contributed by atoms with Gasteiger partial charge in [0, 0.05) is 17.4 Å². The summed E-state index contributed by atoms with van der Waals surface area (Å²) in [6.07, 6.45) is 0.612. The van der Waals surface area contributed by atoms with Gasteiger partial charge in [0.2, 0.25) is 11.7 Å². The third-order valence-electron chi connectivity index (χ3n) is 4.32. The molecule has 3 aromatic rings. The van der Waals surface area contributed by atoms with Crippen molar-refractivity contribution in [2.45, 2.75) is 12.8 Å². The van der Waals surface area contributed by atoms with Gasteiger partial charge >= 0.3 is 0 Å². The molecular weight excluding hydrogens is 414 g/mol. The van der Waals surface area contributed by atoms with Gasteiger partial charge in [-0.15, -0.1) is 11.3 Å². The van der Waals surface area contributed by atoms with Crippen LogP contribution in [0.15, 0.2) is 35.7 Å². The van der Waals surface area contributed by atoms with Gasteiger partial charge in [0.15, 0.2) is 16.6 Å². The van der Waals surface area contributed by atoms with E-state index < -0.39 is 11.6 Å². The number of nitrogens with one attached hydrogen (secondary N) is 1. The van der Waals surface area contributed by atoms with Crippen molar-refractivity contribution in [1.29, 1.82) is 0 Å². The summed E-state index contributed by atoms with van der Waals surface area (Å²) >= 11 is 1.14. The lowest BCUT2D eigenvalue weighted by Gasteiger charge is -2.14. The SMILES string of the molecule is COc1cc(CCC(=O)Nc2nc(-c3cc(F)ccc3F)cs2)cc(OC)c1OC. The minimum absolute atomic E-state index is 0.0455. The summed E-state index contributed by atoms with van der Waals surface area (Å²) in [6, 6.07) is 6.71. The highest BCUT2D eigenvalue weighted by molar-refractivity contribution is 7.14. The zero-order chi connectivity index (χ0) is 21.7. The van der Waals surface area contributed by atoms with Crippen LogP contribution in [-0.4, -0.2) is 32.2 Å². The number of methoxy groups -OCH3 is 3. The number of thiazole rings is 1. The molecule has 6 nitrogen and oxygen atoms in total. The number of aryl methyl sites for hydroxylation is 1. The van der Waals surface area contributed by atoms with Crippen molar-refractivity contribution >= 4 is 22.4 Å². The van der Waals surface area contributed by atoms with Crippen LogP contribution in [-0.2, 0) is 11.2 Å². The number of benzene rings is 2. The largest absolute Gasteiger partial charge is 0.493 e. The number of nitrogens with zero attached hydrogens (tertiary/aromatic N) is 1. The molecule has 0 fully saturated rings. The molecule has 0 aliphatic carbocycles. The molecule has 3 rings (SSSR count). The summed E-state index contributed by atoms with van der Waals surface area (Å²) in [7, 11) is 4.57. The normalized spacial score (nSPS) is 10.6. The first-order valence-corrected chi connectivity index (χ1v) is 9.82. The van der Waals surface area contributed by atoms with Crippen molar-refractivity contribution in [3.05, 3.63) is 52.9 Å². The van der Waals surface area contributed by atoms with Crippen molar-refractivity contribution in [2.24, 2.45) is 0 Å². The topological polar surface area (TPSA) is 69.7 Å². The van der Waals surface area contributed by atoms with E-state index in [1.807, 2.05) is 0 Å². The smallest absolute Gasteiger partial charge is 0.226 e. The minimum Gasteiger partial charge on any atom is -0.493 e. The number of amides is 1. The Morgan fingerprint density at radius 1 is 1.07 bits per heavy atom. The van der Waals surface area contributed by atoms with Crippen LogP contribution in [0.1, 0.15) is 12.0 Å². The summed E-state index contributed by atoms with van der Waals surface area (Å²) in [6.45, 7) is 0. The standard InChI is InChI=1S/C21H20F2N2O4S/c1-27-17-8-12(9-18(28-2)20(17)29-3)4-7-19(26)25-21-24-16(11-30-21)14-10-13(22)5-6-15(14)23/h5-6,8-11H,4,7H2,1-3H3,(H,24,25,26). The highest BCUT2D eigenvalue weighted by Gasteiger charge is 2.15. The molecule has 0 spiro atoms. The Morgan fingerprint density at radius 2 is 1.77 bits per heavy atom. The van der Waals surface area contributed by atoms with Gasteiger partial charge in [0.05, 0.1) is 27.0 Å². The number of carbonyl (C=O) groups excluding carboxylic acids is 1. The van der Waals surface area contributed by atoms with Gasteiger partial charge in [-0.25, -0.2) is 13.8 Å². The Bertz CT molecular complexity index is 1030. The summed E-state index contributed by atoms with van der Waals surface area (Å²) in [5, 5.41) is 4.55. The van der Waals surface area contributed by atoms with Crippen LogP contribution in [0.2, 0.25) is 0 Å². The van der Waals surface area contributed by atoms with Crippen molar-refractivity contribution < 1.29 is 27.8 Å². The Morgan fingerprint density at radius 3 is 2.40 bits per heavy atom. The van der Waals surface area contributed by atoms with E-state index in [1.165, 1.54) is 21.3 Å². The molecule has 1 amide bonds. The van der Waals surface area contributed by atoms with E-state index in [0.717, 1.165) is 35.1 Å². The van der Waals surface area contributed by atoms with Crippen molar-refractivity contribution in [3.63, 3.8) is 0 Å². The zero-order valence-electron chi connectivity index (χ0n) is 16.6. The van der Waals surface area contributed by atoms with Crippen LogP contribution in [0.25, 0.3) is 11.3 Å². The number of ether oxygens (including phenoxy) is 3. The van der Waals surface area contributed by atoms with Crippen LogP contribution in [0.3, 0.4) is 0 Å². The fourth-order valence-corrected chi connectivity index (χ4v) is 3.59. The maximum absolute atomic E-state index is 13.9. The number of hydrogen-bond acceptors (Lipinski definition) is 6. The van der Waals surface area contributed by atoms with Crippen molar-refractivity contribution in [1.82, 2.24) is 4.98 Å². The monoisotopic (exact) mass is 434 g/mol. The summed E-state index contributed by atoms with van der Waals surface area (Å²) in [5.41, 5.74) is 1.14. The predicted octanol–water partition coefficient (Wildman–Crippen LogP) is 4.69. The molecule has 0 atom stereocenters. The molecule has 0 radical (unpaired) electrons. The summed E-state index contributed by atoms with van der Waals surface area (Å²) < 4.78 is 43.2. The molecule has 0 saturated carbocycles. The van der Waals surface area contributed by atoms with E-state index in [4.69, 9.17) is 14.2 Å². The molecule has 9 heteroatoms. The van der Waals surface area contributed by atoms with Crippen LogP contribution in [0.4, 0.5) is 13.9 Å². The molecule has 0 saturated heterocycles. The molecule has 1 heterocycles. The summed E-state index contributed by atoms with van der Waals surface area (Å²) in [4.78, 5) is 16.5. The Kier molecular flexibility index (Phi) is 6.83. The van der Waals surface area contributed by atoms with Gasteiger partial charge < -0.3 is 19.5 Å². The lowest BCUT2D eigenvalue weighted by Crippen LogP contribution is -2.12. The Balaban J connectivity index is 1.66. The second-order valence-corrected chi connectivity index (χ2v) is 7.10. The van der Waals surface area contributed by atoms with Gasteiger partial charge in [-0.1, -0.05) is 0 Å². The van der Waals surface area contributed by atoms with Gasteiger partial charge in [-0.05, 0) is 42.3 Å². The van der Waals surface area contributed by atoms with Crippen LogP contribution >= 0.6 is 11.3 Å². The number of rotatable bonds is 8. The second-order valence-electron chi connectivity index (χ2n) is 6.24. The van der Waals surface area contributed by atoms with E-state index in [1.54, 1.807) is 17.5 Å². The van der Waals surface area contributed by atoms with E-state index in [0.29, 0.717) is 28.8 Å². The molecule has 1 aromatic heterocycles. The quantitative estimate of drug-likeness (QED) is 0.557. The predicted molar refractivity (Wildman–Crippen MR) is 111 cm³/mol. The number of anilines is 1. The fourth-order valence-electron chi connectivity index (χ4n) is 2.87. The molecular formula is C21H20F2N2O4S. The first-order valence-electron chi connectivity index (χ1n) is 8.94. The van der Waals surface area contributed by atoms with Gasteiger partial charge in [0.25, 0.3) is 0 Å². The summed E-state index contributed by atoms with van der Waals surface area (Å²) in [5.74, 6) is 0.0951. The minimum atomic E-state index is -0.582. The van der Waals surface area contributed by atoms with Gasteiger partial charge in [0.1, 0.15) is 11.6 Å². The average Bonchev–Trinajstić information content (AvgIpc) is 3.21. The van der Waals surface area contributed by atoms with Crippen LogP contribution in [0.5, 0.6) is 17.2 Å². The Hall–Kier alpha value is -3.20. The molecule has 1 N–H and O–H groups in total. The van der Waals surface area contributed by atoms with Crippen molar-refractivity contribution in [3.8, 4) is 28.5 Å². The van der Waals surface area contributed by atoms with E-state index >= 15 is 0 Å². The maximum atomic E-state index is 13.9. The number of aromatic nitrogens is 1. The fraction of sp³-hybridized carbons (Fsp3) is 0.238. The van der Waals surface area contributed by atoms with Gasteiger partial charge in [-0.3, -0.25) is 4.79 Å². The molecule has 0 aliphatic heterocycles. The molecule has 0 unspecified atom stereocenters. The number of carbonyl (C=O) groups is 1. The highest BCUT2D eigenvalue weighted by Crippen LogP contribution is 2.38. The molecule has 30 heavy (non-hydrogen) atoms. The van der Waals surface area contributed by atoms with E-state index in [2.05, 4.69) is 10.3 Å². The van der Waals surface area contributed by atoms with E-state index in [9.17, 15) is 13.6 Å². The molecule has 2 aromatic carbocycles. The maximum Gasteiger partial charge on any atom is 0.226 e. The van der Waals surface area contributed by atoms with E-state index in [-0.39, 0.29) is 23.6 Å². The van der Waals surface area contributed by atoms with Crippen molar-refractivity contribution in [2.75, 3.05) is 26.6 Å². The number of halogens is 2. The lowest BCUT2D eigenvalue weighted by molar-refractivity contribution is -0.116. The highest BCUT2D eigenvalue weighted by atomic mass is 32.1. The third-order valence-corrected chi connectivity index (χ3v) is 5.08. The second kappa shape index (κ2) is 9.53. The van der Waals surface area contributed by atoms with Crippen LogP contribution < -0.4 is 19.5 Å². The Labute approximate surface area is 176 Å².